The van der Waals surface area contributed by atoms with Crippen LogP contribution in [-0.4, -0.2) is 36.8 Å². The van der Waals surface area contributed by atoms with Crippen molar-refractivity contribution < 1.29 is 14.6 Å². The first-order valence-electron chi connectivity index (χ1n) is 6.58. The van der Waals surface area contributed by atoms with Crippen LogP contribution >= 0.6 is 0 Å². The van der Waals surface area contributed by atoms with Crippen molar-refractivity contribution in [2.24, 2.45) is 0 Å². The summed E-state index contributed by atoms with van der Waals surface area (Å²) in [6, 6.07) is 10.4. The average molecular weight is 272 g/mol. The lowest BCUT2D eigenvalue weighted by Gasteiger charge is -2.23. The van der Waals surface area contributed by atoms with Crippen molar-refractivity contribution in [3.05, 3.63) is 36.4 Å². The molecule has 0 spiro atoms. The zero-order chi connectivity index (χ0) is 13.9. The van der Waals surface area contributed by atoms with Crippen LogP contribution in [0.4, 0.5) is 5.69 Å². The molecule has 1 amide bonds. The van der Waals surface area contributed by atoms with Crippen LogP contribution < -0.4 is 10.6 Å². The summed E-state index contributed by atoms with van der Waals surface area (Å²) in [6.45, 7) is 1.68. The van der Waals surface area contributed by atoms with Gasteiger partial charge in [-0.3, -0.25) is 4.79 Å². The third-order valence-electron chi connectivity index (χ3n) is 3.40. The van der Waals surface area contributed by atoms with Crippen LogP contribution in [0.1, 0.15) is 0 Å². The maximum atomic E-state index is 12.2. The van der Waals surface area contributed by atoms with Crippen molar-refractivity contribution in [2.75, 3.05) is 25.1 Å². The molecular formula is C15H16N2O3. The Hall–Kier alpha value is -2.11. The number of morpholine rings is 1. The van der Waals surface area contributed by atoms with Gasteiger partial charge in [0.2, 0.25) is 5.91 Å². The standard InChI is InChI=1S/C15H16N2O3/c18-14-6-2-3-10-11(14)4-1-5-12(10)17-15(19)13-9-20-8-7-16-13/h1-6,13,16,18H,7-9H2,(H,17,19). The molecular weight excluding hydrogens is 256 g/mol. The molecule has 1 saturated heterocycles. The number of nitrogens with one attached hydrogen (secondary N) is 2. The van der Waals surface area contributed by atoms with E-state index in [1.54, 1.807) is 12.1 Å². The summed E-state index contributed by atoms with van der Waals surface area (Å²) < 4.78 is 5.28. The molecule has 0 aromatic heterocycles. The monoisotopic (exact) mass is 272 g/mol. The van der Waals surface area contributed by atoms with E-state index in [-0.39, 0.29) is 17.7 Å². The average Bonchev–Trinajstić information content (AvgIpc) is 2.49. The van der Waals surface area contributed by atoms with Gasteiger partial charge in [0, 0.05) is 23.0 Å². The summed E-state index contributed by atoms with van der Waals surface area (Å²) in [7, 11) is 0. The van der Waals surface area contributed by atoms with Crippen molar-refractivity contribution in [1.29, 1.82) is 0 Å². The number of carbonyl (C=O) groups is 1. The molecule has 1 fully saturated rings. The Morgan fingerprint density at radius 3 is 2.85 bits per heavy atom. The van der Waals surface area contributed by atoms with Gasteiger partial charge in [0.15, 0.2) is 0 Å². The second-order valence-electron chi connectivity index (χ2n) is 4.75. The molecule has 1 atom stereocenters. The van der Waals surface area contributed by atoms with Crippen LogP contribution in [-0.2, 0) is 9.53 Å². The van der Waals surface area contributed by atoms with E-state index in [1.807, 2.05) is 24.3 Å². The molecule has 1 unspecified atom stereocenters. The first-order chi connectivity index (χ1) is 9.75. The Morgan fingerprint density at radius 2 is 2.05 bits per heavy atom. The predicted molar refractivity (Wildman–Crippen MR) is 76.9 cm³/mol. The predicted octanol–water partition coefficient (Wildman–Crippen LogP) is 1.47. The highest BCUT2D eigenvalue weighted by atomic mass is 16.5. The zero-order valence-electron chi connectivity index (χ0n) is 10.9. The number of amides is 1. The maximum Gasteiger partial charge on any atom is 0.243 e. The minimum Gasteiger partial charge on any atom is -0.507 e. The molecule has 5 nitrogen and oxygen atoms in total. The Bertz CT molecular complexity index is 636. The number of hydrogen-bond donors (Lipinski definition) is 3. The Balaban J connectivity index is 1.87. The number of fused-ring (bicyclic) bond motifs is 1. The molecule has 1 aliphatic heterocycles. The number of phenolic OH excluding ortho intramolecular Hbond substituents is 1. The van der Waals surface area contributed by atoms with Crippen molar-refractivity contribution in [3.63, 3.8) is 0 Å². The highest BCUT2D eigenvalue weighted by molar-refractivity contribution is 6.05. The van der Waals surface area contributed by atoms with Crippen molar-refractivity contribution in [1.82, 2.24) is 5.32 Å². The number of carbonyl (C=O) groups excluding carboxylic acids is 1. The number of phenols is 1. The molecule has 2 aromatic rings. The van der Waals surface area contributed by atoms with Gasteiger partial charge in [-0.05, 0) is 12.1 Å². The summed E-state index contributed by atoms with van der Waals surface area (Å²) >= 11 is 0. The molecule has 2 aromatic carbocycles. The molecule has 1 aliphatic rings. The van der Waals surface area contributed by atoms with E-state index in [9.17, 15) is 9.90 Å². The zero-order valence-corrected chi connectivity index (χ0v) is 10.9. The van der Waals surface area contributed by atoms with Crippen LogP contribution in [0, 0.1) is 0 Å². The minimum absolute atomic E-state index is 0.124. The number of aromatic hydroxyl groups is 1. The summed E-state index contributed by atoms with van der Waals surface area (Å²) in [5, 5.41) is 17.4. The fraction of sp³-hybridized carbons (Fsp3) is 0.267. The Kier molecular flexibility index (Phi) is 3.54. The van der Waals surface area contributed by atoms with Crippen LogP contribution in [0.3, 0.4) is 0 Å². The van der Waals surface area contributed by atoms with Gasteiger partial charge in [-0.15, -0.1) is 0 Å². The number of hydrogen-bond acceptors (Lipinski definition) is 4. The molecule has 5 heteroatoms. The van der Waals surface area contributed by atoms with E-state index < -0.39 is 0 Å². The third kappa shape index (κ3) is 2.45. The van der Waals surface area contributed by atoms with Gasteiger partial charge in [-0.25, -0.2) is 0 Å². The van der Waals surface area contributed by atoms with Gasteiger partial charge >= 0.3 is 0 Å². The highest BCUT2D eigenvalue weighted by Crippen LogP contribution is 2.29. The van der Waals surface area contributed by atoms with Gasteiger partial charge in [-0.1, -0.05) is 24.3 Å². The molecule has 0 saturated carbocycles. The van der Waals surface area contributed by atoms with Gasteiger partial charge in [-0.2, -0.15) is 0 Å². The number of rotatable bonds is 2. The molecule has 20 heavy (non-hydrogen) atoms. The second kappa shape index (κ2) is 5.48. The first-order valence-corrected chi connectivity index (χ1v) is 6.58. The largest absolute Gasteiger partial charge is 0.507 e. The fourth-order valence-corrected chi connectivity index (χ4v) is 2.36. The molecule has 3 rings (SSSR count). The molecule has 0 bridgehead atoms. The van der Waals surface area contributed by atoms with Crippen LogP contribution in [0.15, 0.2) is 36.4 Å². The molecule has 0 aliphatic carbocycles. The minimum atomic E-state index is -0.337. The highest BCUT2D eigenvalue weighted by Gasteiger charge is 2.21. The van der Waals surface area contributed by atoms with Crippen LogP contribution in [0.25, 0.3) is 10.8 Å². The van der Waals surface area contributed by atoms with E-state index in [2.05, 4.69) is 10.6 Å². The lowest BCUT2D eigenvalue weighted by atomic mass is 10.1. The van der Waals surface area contributed by atoms with E-state index in [1.165, 1.54) is 0 Å². The summed E-state index contributed by atoms with van der Waals surface area (Å²) in [4.78, 5) is 12.2. The lowest BCUT2D eigenvalue weighted by molar-refractivity contribution is -0.120. The van der Waals surface area contributed by atoms with Crippen molar-refractivity contribution in [3.8, 4) is 5.75 Å². The smallest absolute Gasteiger partial charge is 0.243 e. The van der Waals surface area contributed by atoms with E-state index in [4.69, 9.17) is 4.74 Å². The van der Waals surface area contributed by atoms with Crippen LogP contribution in [0.5, 0.6) is 5.75 Å². The SMILES string of the molecule is O=C(Nc1cccc2c(O)cccc12)C1COCCN1. The normalized spacial score (nSPS) is 18.9. The number of ether oxygens (including phenoxy) is 1. The van der Waals surface area contributed by atoms with Gasteiger partial charge in [0.25, 0.3) is 0 Å². The molecule has 1 heterocycles. The molecule has 0 radical (unpaired) electrons. The summed E-state index contributed by atoms with van der Waals surface area (Å²) in [5.41, 5.74) is 0.691. The molecule has 104 valence electrons. The first kappa shape index (κ1) is 12.9. The van der Waals surface area contributed by atoms with Gasteiger partial charge in [0.1, 0.15) is 11.8 Å². The van der Waals surface area contributed by atoms with Crippen molar-refractivity contribution >= 4 is 22.4 Å². The topological polar surface area (TPSA) is 70.6 Å². The number of benzene rings is 2. The van der Waals surface area contributed by atoms with Gasteiger partial charge in [0.05, 0.1) is 13.2 Å². The van der Waals surface area contributed by atoms with E-state index >= 15 is 0 Å². The molecule has 3 N–H and O–H groups in total. The quantitative estimate of drug-likeness (QED) is 0.774. The fourth-order valence-electron chi connectivity index (χ4n) is 2.36. The van der Waals surface area contributed by atoms with E-state index in [0.717, 1.165) is 10.8 Å². The Morgan fingerprint density at radius 1 is 1.25 bits per heavy atom. The summed E-state index contributed by atoms with van der Waals surface area (Å²) in [5.74, 6) is 0.0817. The Labute approximate surface area is 116 Å². The van der Waals surface area contributed by atoms with Crippen molar-refractivity contribution in [2.45, 2.75) is 6.04 Å². The van der Waals surface area contributed by atoms with Gasteiger partial charge < -0.3 is 20.5 Å². The lowest BCUT2D eigenvalue weighted by Crippen LogP contribution is -2.48. The van der Waals surface area contributed by atoms with E-state index in [0.29, 0.717) is 25.4 Å². The van der Waals surface area contributed by atoms with Crippen LogP contribution in [0.2, 0.25) is 0 Å². The second-order valence-corrected chi connectivity index (χ2v) is 4.75. The maximum absolute atomic E-state index is 12.2. The third-order valence-corrected chi connectivity index (χ3v) is 3.40. The number of anilines is 1. The summed E-state index contributed by atoms with van der Waals surface area (Å²) in [6.07, 6.45) is 0.